The standard InChI is InChI=1S/C29H40N2O12/c1-3-4-5-6-7-8-9-10-11-12-26(36)43-28(25-14-30-16-38-25)29-31-22(15-37-29)23(40-18-33)13-24(41-19-34)27(42-20-35)21(2)39-17-32/h14-21,23-24,27-28H,3-13H2,1-2H3. The summed E-state index contributed by atoms with van der Waals surface area (Å²) >= 11 is 0. The molecule has 2 rings (SSSR count). The molecule has 43 heavy (non-hydrogen) atoms. The summed E-state index contributed by atoms with van der Waals surface area (Å²) in [6.07, 6.45) is 7.69. The molecule has 0 saturated heterocycles. The van der Waals surface area contributed by atoms with Crippen LogP contribution in [-0.2, 0) is 47.7 Å². The maximum atomic E-state index is 12.7. The second-order valence-electron chi connectivity index (χ2n) is 9.82. The second-order valence-corrected chi connectivity index (χ2v) is 9.82. The molecule has 0 bridgehead atoms. The van der Waals surface area contributed by atoms with Crippen molar-refractivity contribution in [2.45, 2.75) is 115 Å². The molecule has 0 spiro atoms. The molecular formula is C29H40N2O12. The largest absolute Gasteiger partial charge is 0.461 e. The summed E-state index contributed by atoms with van der Waals surface area (Å²) in [4.78, 5) is 65.3. The molecule has 238 valence electrons. The summed E-state index contributed by atoms with van der Waals surface area (Å²) in [5.74, 6) is -0.414. The van der Waals surface area contributed by atoms with Crippen molar-refractivity contribution >= 4 is 31.9 Å². The van der Waals surface area contributed by atoms with E-state index in [1.54, 1.807) is 0 Å². The lowest BCUT2D eigenvalue weighted by atomic mass is 10.0. The first-order chi connectivity index (χ1) is 21.0. The number of carbonyl (C=O) groups excluding carboxylic acids is 5. The molecule has 14 nitrogen and oxygen atoms in total. The monoisotopic (exact) mass is 608 g/mol. The van der Waals surface area contributed by atoms with Gasteiger partial charge in [-0.25, -0.2) is 9.97 Å². The van der Waals surface area contributed by atoms with Crippen LogP contribution in [0.5, 0.6) is 0 Å². The number of hydrogen-bond acceptors (Lipinski definition) is 14. The van der Waals surface area contributed by atoms with Gasteiger partial charge in [-0.05, 0) is 13.3 Å². The lowest BCUT2D eigenvalue weighted by Gasteiger charge is -2.29. The van der Waals surface area contributed by atoms with Crippen LogP contribution in [0, 0.1) is 0 Å². The van der Waals surface area contributed by atoms with Gasteiger partial charge in [0.1, 0.15) is 24.2 Å². The normalized spacial score (nSPS) is 14.4. The Morgan fingerprint density at radius 3 is 2.12 bits per heavy atom. The summed E-state index contributed by atoms with van der Waals surface area (Å²) in [5.41, 5.74) is 0.0647. The SMILES string of the molecule is CCCCCCCCCCCC(=O)OC(c1cnco1)c1nc(C(CC(OC=O)C(OC=O)C(C)OC=O)OC=O)co1. The van der Waals surface area contributed by atoms with E-state index >= 15 is 0 Å². The fourth-order valence-electron chi connectivity index (χ4n) is 4.52. The molecule has 5 unspecified atom stereocenters. The first kappa shape index (κ1) is 35.0. The van der Waals surface area contributed by atoms with Gasteiger partial charge in [-0.3, -0.25) is 24.0 Å². The Hall–Kier alpha value is -4.23. The van der Waals surface area contributed by atoms with E-state index in [2.05, 4.69) is 16.9 Å². The number of hydrogen-bond donors (Lipinski definition) is 0. The van der Waals surface area contributed by atoms with Crippen LogP contribution in [0.1, 0.15) is 114 Å². The minimum Gasteiger partial charge on any atom is -0.461 e. The van der Waals surface area contributed by atoms with E-state index in [0.717, 1.165) is 25.7 Å². The van der Waals surface area contributed by atoms with Gasteiger partial charge in [0.05, 0.1) is 6.20 Å². The van der Waals surface area contributed by atoms with E-state index in [0.29, 0.717) is 6.42 Å². The third-order valence-electron chi connectivity index (χ3n) is 6.75. The summed E-state index contributed by atoms with van der Waals surface area (Å²) in [5, 5.41) is 0. The molecule has 2 aromatic rings. The molecule has 0 aromatic carbocycles. The summed E-state index contributed by atoms with van der Waals surface area (Å²) in [7, 11) is 0. The van der Waals surface area contributed by atoms with Crippen LogP contribution in [0.2, 0.25) is 0 Å². The Bertz CT molecular complexity index is 1070. The Kier molecular flexibility index (Phi) is 16.8. The van der Waals surface area contributed by atoms with Crippen molar-refractivity contribution in [2.24, 2.45) is 0 Å². The van der Waals surface area contributed by atoms with E-state index in [-0.39, 0.29) is 56.1 Å². The zero-order valence-electron chi connectivity index (χ0n) is 24.5. The zero-order chi connectivity index (χ0) is 31.3. The molecular weight excluding hydrogens is 568 g/mol. The Labute approximate surface area is 249 Å². The quantitative estimate of drug-likeness (QED) is 0.0631. The number of oxazole rings is 2. The number of ether oxygens (including phenoxy) is 5. The van der Waals surface area contributed by atoms with Crippen LogP contribution in [0.25, 0.3) is 0 Å². The van der Waals surface area contributed by atoms with Gasteiger partial charge in [0.25, 0.3) is 25.9 Å². The third-order valence-corrected chi connectivity index (χ3v) is 6.75. The van der Waals surface area contributed by atoms with Crippen LogP contribution in [0.15, 0.2) is 27.7 Å². The zero-order valence-corrected chi connectivity index (χ0v) is 24.5. The molecule has 0 aliphatic heterocycles. The van der Waals surface area contributed by atoms with Gasteiger partial charge in [-0.1, -0.05) is 58.3 Å². The van der Waals surface area contributed by atoms with Crippen molar-refractivity contribution in [1.82, 2.24) is 9.97 Å². The maximum absolute atomic E-state index is 12.7. The predicted molar refractivity (Wildman–Crippen MR) is 146 cm³/mol. The first-order valence-corrected chi connectivity index (χ1v) is 14.4. The summed E-state index contributed by atoms with van der Waals surface area (Å²) in [6.45, 7) is 4.11. The highest BCUT2D eigenvalue weighted by Crippen LogP contribution is 2.31. The van der Waals surface area contributed by atoms with Gasteiger partial charge >= 0.3 is 5.97 Å². The first-order valence-electron chi connectivity index (χ1n) is 14.4. The van der Waals surface area contributed by atoms with E-state index in [1.807, 2.05) is 0 Å². The Morgan fingerprint density at radius 1 is 0.860 bits per heavy atom. The van der Waals surface area contributed by atoms with Gasteiger partial charge in [-0.2, -0.15) is 0 Å². The van der Waals surface area contributed by atoms with Crippen LogP contribution in [-0.4, -0.2) is 60.1 Å². The fourth-order valence-corrected chi connectivity index (χ4v) is 4.52. The van der Waals surface area contributed by atoms with Gasteiger partial charge < -0.3 is 32.5 Å². The van der Waals surface area contributed by atoms with Crippen LogP contribution in [0.4, 0.5) is 0 Å². The van der Waals surface area contributed by atoms with Crippen LogP contribution >= 0.6 is 0 Å². The number of nitrogens with zero attached hydrogens (tertiary/aromatic N) is 2. The minimum atomic E-state index is -1.24. The van der Waals surface area contributed by atoms with Gasteiger partial charge in [0, 0.05) is 12.8 Å². The molecule has 5 atom stereocenters. The van der Waals surface area contributed by atoms with Crippen molar-refractivity contribution in [1.29, 1.82) is 0 Å². The highest BCUT2D eigenvalue weighted by molar-refractivity contribution is 5.69. The molecule has 0 aliphatic rings. The van der Waals surface area contributed by atoms with Crippen LogP contribution in [0.3, 0.4) is 0 Å². The lowest BCUT2D eigenvalue weighted by Crippen LogP contribution is -2.42. The molecule has 14 heteroatoms. The highest BCUT2D eigenvalue weighted by Gasteiger charge is 2.36. The molecule has 0 fully saturated rings. The van der Waals surface area contributed by atoms with Crippen molar-refractivity contribution in [3.8, 4) is 0 Å². The molecule has 0 N–H and O–H groups in total. The fraction of sp³-hybridized carbons (Fsp3) is 0.621. The van der Waals surface area contributed by atoms with Crippen molar-refractivity contribution in [3.63, 3.8) is 0 Å². The number of esters is 1. The number of unbranched alkanes of at least 4 members (excludes halogenated alkanes) is 8. The summed E-state index contributed by atoms with van der Waals surface area (Å²) < 4.78 is 36.6. The van der Waals surface area contributed by atoms with Crippen molar-refractivity contribution in [2.75, 3.05) is 0 Å². The second kappa shape index (κ2) is 20.6. The minimum absolute atomic E-state index is 0.0647. The van der Waals surface area contributed by atoms with E-state index in [9.17, 15) is 24.0 Å². The molecule has 0 saturated carbocycles. The average Bonchev–Trinajstić information content (AvgIpc) is 3.71. The maximum Gasteiger partial charge on any atom is 0.307 e. The lowest BCUT2D eigenvalue weighted by molar-refractivity contribution is -0.170. The number of carbonyl (C=O) groups is 5. The predicted octanol–water partition coefficient (Wildman–Crippen LogP) is 4.47. The highest BCUT2D eigenvalue weighted by atomic mass is 16.6. The molecule has 2 aromatic heterocycles. The van der Waals surface area contributed by atoms with Gasteiger partial charge in [0.2, 0.25) is 12.0 Å². The topological polar surface area (TPSA) is 184 Å². The van der Waals surface area contributed by atoms with E-state index < -0.39 is 36.5 Å². The molecule has 2 heterocycles. The smallest absolute Gasteiger partial charge is 0.307 e. The number of rotatable bonds is 26. The molecule has 0 amide bonds. The average molecular weight is 609 g/mol. The van der Waals surface area contributed by atoms with E-state index in [1.165, 1.54) is 51.5 Å². The van der Waals surface area contributed by atoms with Gasteiger partial charge in [0.15, 0.2) is 24.4 Å². The third kappa shape index (κ3) is 12.3. The Balaban J connectivity index is 2.09. The van der Waals surface area contributed by atoms with Crippen molar-refractivity contribution in [3.05, 3.63) is 36.2 Å². The molecule has 0 radical (unpaired) electrons. The van der Waals surface area contributed by atoms with Gasteiger partial charge in [-0.15, -0.1) is 0 Å². The van der Waals surface area contributed by atoms with Crippen molar-refractivity contribution < 1.29 is 56.5 Å². The van der Waals surface area contributed by atoms with E-state index in [4.69, 9.17) is 32.5 Å². The number of aromatic nitrogens is 2. The molecule has 0 aliphatic carbocycles. The van der Waals surface area contributed by atoms with Crippen LogP contribution < -0.4 is 0 Å². The summed E-state index contributed by atoms with van der Waals surface area (Å²) in [6, 6.07) is 0. The Morgan fingerprint density at radius 2 is 1.51 bits per heavy atom.